The third-order valence-electron chi connectivity index (χ3n) is 4.49. The van der Waals surface area contributed by atoms with Gasteiger partial charge in [0.2, 0.25) is 5.95 Å². The van der Waals surface area contributed by atoms with Crippen LogP contribution in [0.5, 0.6) is 0 Å². The Bertz CT molecular complexity index is 1260. The number of carbonyl (C=O) groups excluding carboxylic acids is 2. The zero-order chi connectivity index (χ0) is 21.1. The average molecular weight is 397 g/mol. The van der Waals surface area contributed by atoms with E-state index in [-0.39, 0.29) is 17.4 Å². The zero-order valence-corrected chi connectivity index (χ0v) is 16.5. The number of amides is 1. The Morgan fingerprint density at radius 2 is 1.73 bits per heavy atom. The van der Waals surface area contributed by atoms with Gasteiger partial charge in [0, 0.05) is 28.5 Å². The summed E-state index contributed by atoms with van der Waals surface area (Å²) in [7, 11) is 0. The van der Waals surface area contributed by atoms with E-state index in [0.29, 0.717) is 22.9 Å². The van der Waals surface area contributed by atoms with E-state index < -0.39 is 0 Å². The molecule has 0 aliphatic rings. The molecule has 2 aromatic heterocycles. The quantitative estimate of drug-likeness (QED) is 0.480. The zero-order valence-electron chi connectivity index (χ0n) is 16.5. The highest BCUT2D eigenvalue weighted by Gasteiger charge is 2.13. The van der Waals surface area contributed by atoms with Crippen molar-refractivity contribution in [1.82, 2.24) is 15.0 Å². The lowest BCUT2D eigenvalue weighted by Gasteiger charge is -2.10. The third-order valence-corrected chi connectivity index (χ3v) is 4.49. The van der Waals surface area contributed by atoms with Crippen LogP contribution in [0.25, 0.3) is 10.9 Å². The number of Topliss-reactive ketones (excluding diaryl/α,β-unsaturated/α-hetero) is 1. The van der Waals surface area contributed by atoms with Gasteiger partial charge in [-0.15, -0.1) is 0 Å². The molecule has 0 radical (unpaired) electrons. The number of carbonyl (C=O) groups is 2. The van der Waals surface area contributed by atoms with Crippen LogP contribution >= 0.6 is 0 Å². The van der Waals surface area contributed by atoms with Gasteiger partial charge in [0.05, 0.1) is 11.2 Å². The summed E-state index contributed by atoms with van der Waals surface area (Å²) in [6, 6.07) is 18.0. The maximum Gasteiger partial charge on any atom is 0.274 e. The van der Waals surface area contributed by atoms with Crippen molar-refractivity contribution in [2.75, 3.05) is 10.6 Å². The van der Waals surface area contributed by atoms with Gasteiger partial charge in [-0.2, -0.15) is 0 Å². The third kappa shape index (κ3) is 4.15. The van der Waals surface area contributed by atoms with Crippen LogP contribution in [0.2, 0.25) is 0 Å². The first kappa shape index (κ1) is 19.2. The van der Waals surface area contributed by atoms with E-state index in [1.165, 1.54) is 6.92 Å². The number of nitrogens with zero attached hydrogens (tertiary/aromatic N) is 3. The second-order valence-electron chi connectivity index (χ2n) is 6.81. The van der Waals surface area contributed by atoms with Crippen molar-refractivity contribution < 1.29 is 9.59 Å². The molecule has 0 saturated carbocycles. The molecule has 2 aromatic carbocycles. The molecule has 148 valence electrons. The van der Waals surface area contributed by atoms with Crippen molar-refractivity contribution in [3.63, 3.8) is 0 Å². The molecular weight excluding hydrogens is 378 g/mol. The summed E-state index contributed by atoms with van der Waals surface area (Å²) in [6.45, 7) is 3.27. The molecule has 4 rings (SSSR count). The maximum absolute atomic E-state index is 12.7. The minimum Gasteiger partial charge on any atom is -0.322 e. The number of aromatic nitrogens is 3. The second kappa shape index (κ2) is 8.08. The first-order valence-corrected chi connectivity index (χ1v) is 9.38. The van der Waals surface area contributed by atoms with Gasteiger partial charge in [-0.25, -0.2) is 9.97 Å². The van der Waals surface area contributed by atoms with Crippen molar-refractivity contribution in [2.24, 2.45) is 0 Å². The lowest BCUT2D eigenvalue weighted by molar-refractivity contribution is 0.100. The Balaban J connectivity index is 1.61. The van der Waals surface area contributed by atoms with Crippen LogP contribution in [0.1, 0.15) is 33.5 Å². The lowest BCUT2D eigenvalue weighted by Crippen LogP contribution is -2.16. The Morgan fingerprint density at radius 1 is 0.933 bits per heavy atom. The van der Waals surface area contributed by atoms with E-state index in [1.54, 1.807) is 43.5 Å². The first-order chi connectivity index (χ1) is 14.5. The van der Waals surface area contributed by atoms with Crippen molar-refractivity contribution in [3.8, 4) is 0 Å². The number of anilines is 3. The number of hydrogen-bond acceptors (Lipinski definition) is 6. The minimum atomic E-state index is -0.389. The normalized spacial score (nSPS) is 10.6. The van der Waals surface area contributed by atoms with Crippen LogP contribution in [-0.4, -0.2) is 26.6 Å². The van der Waals surface area contributed by atoms with Gasteiger partial charge in [-0.1, -0.05) is 30.3 Å². The Labute approximate surface area is 173 Å². The van der Waals surface area contributed by atoms with E-state index in [1.807, 2.05) is 30.3 Å². The molecule has 2 heterocycles. The molecule has 0 aliphatic carbocycles. The molecule has 0 aliphatic heterocycles. The van der Waals surface area contributed by atoms with Crippen LogP contribution < -0.4 is 10.6 Å². The fourth-order valence-corrected chi connectivity index (χ4v) is 3.08. The van der Waals surface area contributed by atoms with Gasteiger partial charge >= 0.3 is 0 Å². The standard InChI is InChI=1S/C23H19N5O2/c1-14-12-20(22(30)26-18-9-3-7-17(13-18)15(2)29)28-23(25-14)27-19-10-4-6-16-8-5-11-24-21(16)19/h3-13H,1-2H3,(H,26,30)(H,25,27,28). The molecule has 1 amide bonds. The second-order valence-corrected chi connectivity index (χ2v) is 6.81. The van der Waals surface area contributed by atoms with Gasteiger partial charge in [0.15, 0.2) is 5.78 Å². The first-order valence-electron chi connectivity index (χ1n) is 9.38. The van der Waals surface area contributed by atoms with Crippen LogP contribution in [0.4, 0.5) is 17.3 Å². The summed E-state index contributed by atoms with van der Waals surface area (Å²) in [5, 5.41) is 6.93. The highest BCUT2D eigenvalue weighted by Crippen LogP contribution is 2.23. The van der Waals surface area contributed by atoms with Crippen molar-refractivity contribution in [3.05, 3.63) is 83.8 Å². The summed E-state index contributed by atoms with van der Waals surface area (Å²) in [5.74, 6) is -0.157. The highest BCUT2D eigenvalue weighted by atomic mass is 16.2. The number of rotatable bonds is 5. The van der Waals surface area contributed by atoms with E-state index in [9.17, 15) is 9.59 Å². The van der Waals surface area contributed by atoms with Gasteiger partial charge in [0.25, 0.3) is 5.91 Å². The van der Waals surface area contributed by atoms with E-state index in [2.05, 4.69) is 25.6 Å². The molecule has 7 nitrogen and oxygen atoms in total. The monoisotopic (exact) mass is 397 g/mol. The summed E-state index contributed by atoms with van der Waals surface area (Å²) in [4.78, 5) is 37.5. The van der Waals surface area contributed by atoms with E-state index in [4.69, 9.17) is 0 Å². The number of fused-ring (bicyclic) bond motifs is 1. The maximum atomic E-state index is 12.7. The summed E-state index contributed by atoms with van der Waals surface area (Å²) < 4.78 is 0. The molecule has 2 N–H and O–H groups in total. The smallest absolute Gasteiger partial charge is 0.274 e. The number of pyridine rings is 1. The van der Waals surface area contributed by atoms with Gasteiger partial charge in [-0.3, -0.25) is 14.6 Å². The van der Waals surface area contributed by atoms with Crippen LogP contribution in [-0.2, 0) is 0 Å². The molecule has 0 fully saturated rings. The van der Waals surface area contributed by atoms with E-state index in [0.717, 1.165) is 16.6 Å². The van der Waals surface area contributed by atoms with Gasteiger partial charge < -0.3 is 10.6 Å². The highest BCUT2D eigenvalue weighted by molar-refractivity contribution is 6.04. The van der Waals surface area contributed by atoms with Gasteiger partial charge in [-0.05, 0) is 44.2 Å². The Morgan fingerprint density at radius 3 is 2.57 bits per heavy atom. The molecule has 4 aromatic rings. The minimum absolute atomic E-state index is 0.0702. The predicted molar refractivity (Wildman–Crippen MR) is 116 cm³/mol. The summed E-state index contributed by atoms with van der Waals surface area (Å²) in [5.41, 5.74) is 3.44. The summed E-state index contributed by atoms with van der Waals surface area (Å²) in [6.07, 6.45) is 1.72. The molecule has 0 unspecified atom stereocenters. The predicted octanol–water partition coefficient (Wildman–Crippen LogP) is 4.53. The van der Waals surface area contributed by atoms with E-state index >= 15 is 0 Å². The molecule has 0 spiro atoms. The summed E-state index contributed by atoms with van der Waals surface area (Å²) >= 11 is 0. The average Bonchev–Trinajstić information content (AvgIpc) is 2.74. The molecular formula is C23H19N5O2. The number of nitrogens with one attached hydrogen (secondary N) is 2. The topological polar surface area (TPSA) is 96.9 Å². The Hall–Kier alpha value is -4.13. The van der Waals surface area contributed by atoms with Crippen molar-refractivity contribution in [1.29, 1.82) is 0 Å². The van der Waals surface area contributed by atoms with Crippen LogP contribution in [0, 0.1) is 6.92 Å². The number of hydrogen-bond donors (Lipinski definition) is 2. The number of para-hydroxylation sites is 1. The molecule has 0 saturated heterocycles. The van der Waals surface area contributed by atoms with Crippen LogP contribution in [0.15, 0.2) is 66.9 Å². The SMILES string of the molecule is CC(=O)c1cccc(NC(=O)c2cc(C)nc(Nc3cccc4cccnc34)n2)c1. The fourth-order valence-electron chi connectivity index (χ4n) is 3.08. The molecule has 7 heteroatoms. The van der Waals surface area contributed by atoms with Crippen molar-refractivity contribution >= 4 is 39.9 Å². The molecule has 0 atom stereocenters. The number of benzene rings is 2. The van der Waals surface area contributed by atoms with Crippen molar-refractivity contribution in [2.45, 2.75) is 13.8 Å². The number of aryl methyl sites for hydroxylation is 1. The van der Waals surface area contributed by atoms with Crippen LogP contribution in [0.3, 0.4) is 0 Å². The molecule has 0 bridgehead atoms. The lowest BCUT2D eigenvalue weighted by atomic mass is 10.1. The molecule has 30 heavy (non-hydrogen) atoms. The van der Waals surface area contributed by atoms with Gasteiger partial charge in [0.1, 0.15) is 5.69 Å². The largest absolute Gasteiger partial charge is 0.322 e. The Kier molecular flexibility index (Phi) is 5.17. The number of ketones is 1. The fraction of sp³-hybridized carbons (Fsp3) is 0.0870.